The van der Waals surface area contributed by atoms with Gasteiger partial charge in [0, 0.05) is 6.54 Å². The van der Waals surface area contributed by atoms with Gasteiger partial charge < -0.3 is 20.1 Å². The topological polar surface area (TPSA) is 76.7 Å². The fourth-order valence-corrected chi connectivity index (χ4v) is 3.16. The molecule has 0 aliphatic carbocycles. The molecule has 0 saturated heterocycles. The number of para-hydroxylation sites is 2. The van der Waals surface area contributed by atoms with Crippen LogP contribution in [0, 0.1) is 0 Å². The van der Waals surface area contributed by atoms with Crippen molar-refractivity contribution in [2.75, 3.05) is 32.3 Å². The van der Waals surface area contributed by atoms with Crippen LogP contribution in [0.25, 0.3) is 0 Å². The van der Waals surface area contributed by atoms with Gasteiger partial charge in [-0.3, -0.25) is 9.59 Å². The van der Waals surface area contributed by atoms with Gasteiger partial charge in [0.05, 0.1) is 19.3 Å². The molecular formula is C22H28N2O4S. The van der Waals surface area contributed by atoms with Crippen molar-refractivity contribution < 1.29 is 19.1 Å². The van der Waals surface area contributed by atoms with Gasteiger partial charge in [0.2, 0.25) is 5.91 Å². The first-order valence-corrected chi connectivity index (χ1v) is 10.9. The van der Waals surface area contributed by atoms with Crippen LogP contribution in [0.2, 0.25) is 0 Å². The molecule has 0 saturated carbocycles. The molecule has 156 valence electrons. The highest BCUT2D eigenvalue weighted by molar-refractivity contribution is 7.98. The van der Waals surface area contributed by atoms with Gasteiger partial charge in [0.1, 0.15) is 17.5 Å². The number of ether oxygens (including phenoxy) is 2. The number of methoxy groups -OCH3 is 1. The summed E-state index contributed by atoms with van der Waals surface area (Å²) in [4.78, 5) is 25.2. The van der Waals surface area contributed by atoms with E-state index in [1.165, 1.54) is 7.11 Å². The maximum absolute atomic E-state index is 12.6. The van der Waals surface area contributed by atoms with Gasteiger partial charge in [-0.2, -0.15) is 11.8 Å². The molecule has 2 amide bonds. The Morgan fingerprint density at radius 1 is 1.07 bits per heavy atom. The monoisotopic (exact) mass is 416 g/mol. The van der Waals surface area contributed by atoms with Gasteiger partial charge in [-0.1, -0.05) is 30.3 Å². The van der Waals surface area contributed by atoms with Crippen LogP contribution in [0.4, 0.5) is 0 Å². The third-order valence-electron chi connectivity index (χ3n) is 4.22. The minimum Gasteiger partial charge on any atom is -0.496 e. The Morgan fingerprint density at radius 3 is 2.52 bits per heavy atom. The van der Waals surface area contributed by atoms with Gasteiger partial charge in [-0.15, -0.1) is 0 Å². The summed E-state index contributed by atoms with van der Waals surface area (Å²) in [5, 5.41) is 5.72. The van der Waals surface area contributed by atoms with Crippen molar-refractivity contribution in [2.45, 2.75) is 18.9 Å². The second-order valence-corrected chi connectivity index (χ2v) is 7.30. The van der Waals surface area contributed by atoms with Crippen LogP contribution in [0.1, 0.15) is 23.2 Å². The molecule has 2 aromatic carbocycles. The number of hydrogen-bond donors (Lipinski definition) is 2. The molecule has 0 radical (unpaired) electrons. The molecule has 0 fully saturated rings. The Kier molecular flexibility index (Phi) is 9.92. The van der Waals surface area contributed by atoms with E-state index in [1.54, 1.807) is 36.0 Å². The van der Waals surface area contributed by atoms with E-state index in [4.69, 9.17) is 9.47 Å². The highest BCUT2D eigenvalue weighted by Crippen LogP contribution is 2.17. The number of carbonyl (C=O) groups excluding carboxylic acids is 2. The third kappa shape index (κ3) is 7.69. The number of benzene rings is 2. The normalized spacial score (nSPS) is 11.4. The molecule has 1 unspecified atom stereocenters. The van der Waals surface area contributed by atoms with Gasteiger partial charge in [-0.25, -0.2) is 0 Å². The smallest absolute Gasteiger partial charge is 0.255 e. The van der Waals surface area contributed by atoms with E-state index in [0.29, 0.717) is 37.3 Å². The standard InChI is InChI=1S/C22H28N2O4S/c1-27-20-12-7-6-11-18(20)21(25)24-19(13-16-29-2)22(26)23-14-8-15-28-17-9-4-3-5-10-17/h3-7,9-12,19H,8,13-16H2,1-2H3,(H,23,26)(H,24,25). The molecular weight excluding hydrogens is 388 g/mol. The van der Waals surface area contributed by atoms with Crippen LogP contribution in [0.15, 0.2) is 54.6 Å². The van der Waals surface area contributed by atoms with Crippen LogP contribution < -0.4 is 20.1 Å². The van der Waals surface area contributed by atoms with E-state index in [9.17, 15) is 9.59 Å². The summed E-state index contributed by atoms with van der Waals surface area (Å²) in [6, 6.07) is 15.9. The van der Waals surface area contributed by atoms with Crippen molar-refractivity contribution in [3.63, 3.8) is 0 Å². The number of nitrogens with one attached hydrogen (secondary N) is 2. The average molecular weight is 417 g/mol. The van der Waals surface area contributed by atoms with Crippen LogP contribution in [0.3, 0.4) is 0 Å². The molecule has 2 aromatic rings. The zero-order chi connectivity index (χ0) is 20.9. The SMILES string of the molecule is COc1ccccc1C(=O)NC(CCSC)C(=O)NCCCOc1ccccc1. The molecule has 0 aliphatic rings. The molecule has 0 aromatic heterocycles. The molecule has 0 spiro atoms. The number of thioether (sulfide) groups is 1. The molecule has 0 aliphatic heterocycles. The maximum Gasteiger partial charge on any atom is 0.255 e. The summed E-state index contributed by atoms with van der Waals surface area (Å²) in [5.41, 5.74) is 0.410. The first kappa shape index (κ1) is 22.6. The molecule has 0 bridgehead atoms. The Labute approximate surface area is 176 Å². The number of hydrogen-bond acceptors (Lipinski definition) is 5. The second kappa shape index (κ2) is 12.7. The largest absolute Gasteiger partial charge is 0.496 e. The van der Waals surface area contributed by atoms with Crippen molar-refractivity contribution in [2.24, 2.45) is 0 Å². The van der Waals surface area contributed by atoms with E-state index >= 15 is 0 Å². The summed E-state index contributed by atoms with van der Waals surface area (Å²) >= 11 is 1.63. The summed E-state index contributed by atoms with van der Waals surface area (Å²) in [6.45, 7) is 0.985. The van der Waals surface area contributed by atoms with E-state index in [-0.39, 0.29) is 11.8 Å². The highest BCUT2D eigenvalue weighted by Gasteiger charge is 2.22. The van der Waals surface area contributed by atoms with Crippen LogP contribution >= 0.6 is 11.8 Å². The minimum absolute atomic E-state index is 0.193. The summed E-state index contributed by atoms with van der Waals surface area (Å²) in [7, 11) is 1.52. The molecule has 2 rings (SSSR count). The number of carbonyl (C=O) groups is 2. The lowest BCUT2D eigenvalue weighted by Crippen LogP contribution is -2.47. The van der Waals surface area contributed by atoms with E-state index in [1.807, 2.05) is 36.6 Å². The molecule has 29 heavy (non-hydrogen) atoms. The minimum atomic E-state index is -0.602. The third-order valence-corrected chi connectivity index (χ3v) is 4.86. The van der Waals surface area contributed by atoms with Crippen molar-refractivity contribution in [3.05, 3.63) is 60.2 Å². The van der Waals surface area contributed by atoms with E-state index in [0.717, 1.165) is 11.5 Å². The van der Waals surface area contributed by atoms with Crippen molar-refractivity contribution in [1.82, 2.24) is 10.6 Å². The first-order valence-electron chi connectivity index (χ1n) is 9.54. The fourth-order valence-electron chi connectivity index (χ4n) is 2.69. The molecule has 6 nitrogen and oxygen atoms in total. The predicted molar refractivity (Wildman–Crippen MR) is 117 cm³/mol. The zero-order valence-electron chi connectivity index (χ0n) is 16.9. The van der Waals surface area contributed by atoms with E-state index < -0.39 is 6.04 Å². The van der Waals surface area contributed by atoms with Gasteiger partial charge in [0.15, 0.2) is 0 Å². The summed E-state index contributed by atoms with van der Waals surface area (Å²) in [6.07, 6.45) is 3.20. The average Bonchev–Trinajstić information content (AvgIpc) is 2.76. The molecule has 0 heterocycles. The van der Waals surface area contributed by atoms with Crippen LogP contribution in [0.5, 0.6) is 11.5 Å². The summed E-state index contributed by atoms with van der Waals surface area (Å²) < 4.78 is 10.9. The van der Waals surface area contributed by atoms with Crippen LogP contribution in [-0.2, 0) is 4.79 Å². The highest BCUT2D eigenvalue weighted by atomic mass is 32.2. The first-order chi connectivity index (χ1) is 14.2. The van der Waals surface area contributed by atoms with Gasteiger partial charge in [-0.05, 0) is 49.1 Å². The number of rotatable bonds is 12. The van der Waals surface area contributed by atoms with Crippen molar-refractivity contribution >= 4 is 23.6 Å². The predicted octanol–water partition coefficient (Wildman–Crippen LogP) is 3.13. The van der Waals surface area contributed by atoms with Crippen molar-refractivity contribution in [3.8, 4) is 11.5 Å². The van der Waals surface area contributed by atoms with Crippen LogP contribution in [-0.4, -0.2) is 50.1 Å². The van der Waals surface area contributed by atoms with Gasteiger partial charge in [0.25, 0.3) is 5.91 Å². The lowest BCUT2D eigenvalue weighted by atomic mass is 10.1. The fraction of sp³-hybridized carbons (Fsp3) is 0.364. The lowest BCUT2D eigenvalue weighted by molar-refractivity contribution is -0.123. The summed E-state index contributed by atoms with van der Waals surface area (Å²) in [5.74, 6) is 1.53. The van der Waals surface area contributed by atoms with Crippen molar-refractivity contribution in [1.29, 1.82) is 0 Å². The Bertz CT molecular complexity index is 770. The Morgan fingerprint density at radius 2 is 1.79 bits per heavy atom. The lowest BCUT2D eigenvalue weighted by Gasteiger charge is -2.19. The molecule has 2 N–H and O–H groups in total. The quantitative estimate of drug-likeness (QED) is 0.520. The molecule has 7 heteroatoms. The van der Waals surface area contributed by atoms with E-state index in [2.05, 4.69) is 10.6 Å². The van der Waals surface area contributed by atoms with Gasteiger partial charge >= 0.3 is 0 Å². The Balaban J connectivity index is 1.84. The second-order valence-electron chi connectivity index (χ2n) is 6.31. The Hall–Kier alpha value is -2.67. The molecule has 1 atom stereocenters. The number of amides is 2. The zero-order valence-corrected chi connectivity index (χ0v) is 17.7. The maximum atomic E-state index is 12.6.